The molecule has 1 aliphatic rings. The summed E-state index contributed by atoms with van der Waals surface area (Å²) in [7, 11) is 3.18. The van der Waals surface area contributed by atoms with Crippen LogP contribution in [0.5, 0.6) is 5.75 Å². The Balaban J connectivity index is 2.04. The van der Waals surface area contributed by atoms with Gasteiger partial charge in [-0.15, -0.1) is 6.58 Å². The molecule has 0 aliphatic carbocycles. The molecule has 0 N–H and O–H groups in total. The Hall–Kier alpha value is -3.27. The average molecular weight is 402 g/mol. The standard InChI is InChI=1S/C26H27NO3/c1-7-18-12-22-23-13-25(30-6)16(3)11-21(23)20-10-15(2)8-9-19(20)24(22)14-27(18)26(28)17(4)29-5/h7-11,13,18H,1,4,12,14H2,2-3,5-6H3/t18-/m1/s1. The molecule has 3 aromatic carbocycles. The molecule has 0 saturated heterocycles. The van der Waals surface area contributed by atoms with Crippen LogP contribution in [0.2, 0.25) is 0 Å². The fourth-order valence-corrected chi connectivity index (χ4v) is 4.55. The van der Waals surface area contributed by atoms with Crippen molar-refractivity contribution in [2.45, 2.75) is 32.9 Å². The first kappa shape index (κ1) is 20.0. The van der Waals surface area contributed by atoms with Crippen LogP contribution in [0.4, 0.5) is 0 Å². The maximum Gasteiger partial charge on any atom is 0.289 e. The first-order chi connectivity index (χ1) is 14.4. The van der Waals surface area contributed by atoms with E-state index in [1.807, 2.05) is 6.08 Å². The van der Waals surface area contributed by atoms with Crippen LogP contribution in [0.3, 0.4) is 0 Å². The van der Waals surface area contributed by atoms with E-state index in [0.29, 0.717) is 13.0 Å². The summed E-state index contributed by atoms with van der Waals surface area (Å²) in [5.41, 5.74) is 4.73. The van der Waals surface area contributed by atoms with Crippen molar-refractivity contribution in [1.29, 1.82) is 0 Å². The molecule has 4 rings (SSSR count). The van der Waals surface area contributed by atoms with Crippen molar-refractivity contribution in [1.82, 2.24) is 4.90 Å². The largest absolute Gasteiger partial charge is 0.496 e. The second-order valence-electron chi connectivity index (χ2n) is 7.94. The van der Waals surface area contributed by atoms with Gasteiger partial charge in [-0.25, -0.2) is 0 Å². The first-order valence-corrected chi connectivity index (χ1v) is 10.1. The fourth-order valence-electron chi connectivity index (χ4n) is 4.55. The second kappa shape index (κ2) is 7.52. The number of carbonyl (C=O) groups is 1. The van der Waals surface area contributed by atoms with E-state index in [9.17, 15) is 4.79 Å². The van der Waals surface area contributed by atoms with E-state index in [4.69, 9.17) is 9.47 Å². The molecule has 1 amide bonds. The molecule has 30 heavy (non-hydrogen) atoms. The Kier molecular flexibility index (Phi) is 5.02. The third kappa shape index (κ3) is 3.04. The topological polar surface area (TPSA) is 38.8 Å². The summed E-state index contributed by atoms with van der Waals surface area (Å²) in [4.78, 5) is 14.7. The van der Waals surface area contributed by atoms with Gasteiger partial charge < -0.3 is 14.4 Å². The molecule has 0 radical (unpaired) electrons. The Labute approximate surface area is 177 Å². The van der Waals surface area contributed by atoms with Gasteiger partial charge in [0, 0.05) is 6.54 Å². The summed E-state index contributed by atoms with van der Waals surface area (Å²) < 4.78 is 10.8. The van der Waals surface area contributed by atoms with Crippen LogP contribution >= 0.6 is 0 Å². The van der Waals surface area contributed by atoms with Crippen LogP contribution in [-0.4, -0.2) is 31.1 Å². The van der Waals surface area contributed by atoms with Gasteiger partial charge in [0.05, 0.1) is 20.3 Å². The lowest BCUT2D eigenvalue weighted by Gasteiger charge is -2.37. The highest BCUT2D eigenvalue weighted by Gasteiger charge is 2.32. The molecule has 1 aliphatic heterocycles. The van der Waals surface area contributed by atoms with Gasteiger partial charge in [0.1, 0.15) is 5.75 Å². The molecule has 154 valence electrons. The maximum absolute atomic E-state index is 12.9. The predicted molar refractivity (Wildman–Crippen MR) is 122 cm³/mol. The highest BCUT2D eigenvalue weighted by molar-refractivity contribution is 6.12. The van der Waals surface area contributed by atoms with Crippen LogP contribution in [0.25, 0.3) is 21.5 Å². The number of rotatable bonds is 4. The van der Waals surface area contributed by atoms with E-state index in [-0.39, 0.29) is 17.7 Å². The van der Waals surface area contributed by atoms with Crippen LogP contribution in [0.1, 0.15) is 22.3 Å². The van der Waals surface area contributed by atoms with Gasteiger partial charge in [-0.1, -0.05) is 36.4 Å². The highest BCUT2D eigenvalue weighted by atomic mass is 16.5. The zero-order chi connectivity index (χ0) is 21.6. The average Bonchev–Trinajstić information content (AvgIpc) is 2.76. The quantitative estimate of drug-likeness (QED) is 0.260. The van der Waals surface area contributed by atoms with Crippen molar-refractivity contribution in [2.24, 2.45) is 0 Å². The minimum atomic E-state index is -0.199. The normalized spacial score (nSPS) is 15.7. The lowest BCUT2D eigenvalue weighted by molar-refractivity contribution is -0.132. The Morgan fingerprint density at radius 2 is 1.80 bits per heavy atom. The molecule has 0 saturated carbocycles. The smallest absolute Gasteiger partial charge is 0.289 e. The van der Waals surface area contributed by atoms with Crippen molar-refractivity contribution >= 4 is 27.5 Å². The molecule has 3 aromatic rings. The number of nitrogens with zero attached hydrogens (tertiary/aromatic N) is 1. The van der Waals surface area contributed by atoms with Crippen molar-refractivity contribution < 1.29 is 14.3 Å². The summed E-state index contributed by atoms with van der Waals surface area (Å²) >= 11 is 0. The Bertz CT molecular complexity index is 1210. The van der Waals surface area contributed by atoms with Gasteiger partial charge in [0.25, 0.3) is 5.91 Å². The van der Waals surface area contributed by atoms with Gasteiger partial charge in [-0.3, -0.25) is 4.79 Å². The maximum atomic E-state index is 12.9. The Morgan fingerprint density at radius 1 is 1.07 bits per heavy atom. The number of methoxy groups -OCH3 is 2. The summed E-state index contributed by atoms with van der Waals surface area (Å²) in [6.45, 7) is 12.4. The first-order valence-electron chi connectivity index (χ1n) is 10.1. The summed E-state index contributed by atoms with van der Waals surface area (Å²) in [5, 5.41) is 4.77. The molecule has 4 heteroatoms. The lowest BCUT2D eigenvalue weighted by atomic mass is 9.84. The molecule has 0 aromatic heterocycles. The van der Waals surface area contributed by atoms with Gasteiger partial charge >= 0.3 is 0 Å². The third-order valence-electron chi connectivity index (χ3n) is 6.17. The summed E-state index contributed by atoms with van der Waals surface area (Å²) in [6.07, 6.45) is 2.52. The van der Waals surface area contributed by atoms with E-state index >= 15 is 0 Å². The Morgan fingerprint density at radius 3 is 2.47 bits per heavy atom. The molecule has 0 bridgehead atoms. The molecule has 4 nitrogen and oxygen atoms in total. The highest BCUT2D eigenvalue weighted by Crippen LogP contribution is 2.40. The SMILES string of the molecule is C=C[C@@H]1Cc2c(c3ccc(C)cc3c3cc(C)c(OC)cc23)CN1C(=O)C(=C)OC. The van der Waals surface area contributed by atoms with E-state index in [1.54, 1.807) is 12.0 Å². The van der Waals surface area contributed by atoms with E-state index < -0.39 is 0 Å². The van der Waals surface area contributed by atoms with Crippen LogP contribution in [0, 0.1) is 13.8 Å². The summed E-state index contributed by atoms with van der Waals surface area (Å²) in [5.74, 6) is 0.816. The number of fused-ring (bicyclic) bond motifs is 6. The van der Waals surface area contributed by atoms with E-state index in [2.05, 4.69) is 57.3 Å². The van der Waals surface area contributed by atoms with Gasteiger partial charge in [-0.05, 0) is 70.6 Å². The van der Waals surface area contributed by atoms with Gasteiger partial charge in [0.2, 0.25) is 0 Å². The second-order valence-corrected chi connectivity index (χ2v) is 7.94. The van der Waals surface area contributed by atoms with Gasteiger partial charge in [-0.2, -0.15) is 0 Å². The zero-order valence-corrected chi connectivity index (χ0v) is 18.0. The number of benzene rings is 3. The number of carbonyl (C=O) groups excluding carboxylic acids is 1. The van der Waals surface area contributed by atoms with E-state index in [0.717, 1.165) is 11.3 Å². The minimum Gasteiger partial charge on any atom is -0.496 e. The van der Waals surface area contributed by atoms with Crippen LogP contribution in [-0.2, 0) is 22.5 Å². The van der Waals surface area contributed by atoms with Crippen molar-refractivity contribution in [2.75, 3.05) is 14.2 Å². The number of hydrogen-bond donors (Lipinski definition) is 0. The molecule has 0 fully saturated rings. The van der Waals surface area contributed by atoms with Crippen molar-refractivity contribution in [3.8, 4) is 5.75 Å². The molecular weight excluding hydrogens is 374 g/mol. The van der Waals surface area contributed by atoms with Crippen molar-refractivity contribution in [3.05, 3.63) is 77.6 Å². The molecule has 1 heterocycles. The fraction of sp³-hybridized carbons (Fsp3) is 0.269. The molecule has 0 unspecified atom stereocenters. The lowest BCUT2D eigenvalue weighted by Crippen LogP contribution is -2.44. The van der Waals surface area contributed by atoms with Gasteiger partial charge in [0.15, 0.2) is 5.76 Å². The molecular formula is C26H27NO3. The number of ether oxygens (including phenoxy) is 2. The molecule has 0 spiro atoms. The summed E-state index contributed by atoms with van der Waals surface area (Å²) in [6, 6.07) is 10.7. The molecule has 1 atom stereocenters. The van der Waals surface area contributed by atoms with Crippen LogP contribution in [0.15, 0.2) is 55.3 Å². The zero-order valence-electron chi connectivity index (χ0n) is 18.0. The number of aryl methyl sites for hydroxylation is 2. The predicted octanol–water partition coefficient (Wildman–Crippen LogP) is 5.22. The van der Waals surface area contributed by atoms with Crippen molar-refractivity contribution in [3.63, 3.8) is 0 Å². The van der Waals surface area contributed by atoms with E-state index in [1.165, 1.54) is 45.3 Å². The number of amides is 1. The monoisotopic (exact) mass is 401 g/mol. The third-order valence-corrected chi connectivity index (χ3v) is 6.17. The minimum absolute atomic E-state index is 0.129. The van der Waals surface area contributed by atoms with Crippen LogP contribution < -0.4 is 4.74 Å². The number of hydrogen-bond acceptors (Lipinski definition) is 3.